The van der Waals surface area contributed by atoms with Gasteiger partial charge >= 0.3 is 0 Å². The normalized spacial score (nSPS) is 19.1. The summed E-state index contributed by atoms with van der Waals surface area (Å²) >= 11 is 0. The highest BCUT2D eigenvalue weighted by Crippen LogP contribution is 2.38. The second kappa shape index (κ2) is 5.55. The Kier molecular flexibility index (Phi) is 4.76. The Morgan fingerprint density at radius 1 is 1.17 bits per heavy atom. The van der Waals surface area contributed by atoms with E-state index in [-0.39, 0.29) is 12.0 Å². The van der Waals surface area contributed by atoms with Crippen LogP contribution < -0.4 is 0 Å². The van der Waals surface area contributed by atoms with Crippen molar-refractivity contribution in [1.82, 2.24) is 0 Å². The van der Waals surface area contributed by atoms with Gasteiger partial charge in [-0.05, 0) is 19.4 Å². The standard InChI is InChI=1S/C15H26O2Si/c1-12(17-3)14(13-10-8-7-9-11-13)15(2,16)18(4,5)6/h7-12,14,16H,1-6H3/t12-,14+,15+/m1/s1. The highest BCUT2D eigenvalue weighted by atomic mass is 28.3. The molecule has 0 amide bonds. The lowest BCUT2D eigenvalue weighted by atomic mass is 9.89. The van der Waals surface area contributed by atoms with Crippen LogP contribution in [-0.4, -0.2) is 31.6 Å². The minimum Gasteiger partial charge on any atom is -0.393 e. The summed E-state index contributed by atoms with van der Waals surface area (Å²) in [6.07, 6.45) is -0.00544. The third-order valence-electron chi connectivity index (χ3n) is 4.12. The van der Waals surface area contributed by atoms with Gasteiger partial charge in [0.1, 0.15) is 0 Å². The fourth-order valence-corrected chi connectivity index (χ4v) is 3.65. The van der Waals surface area contributed by atoms with Crippen LogP contribution in [0.15, 0.2) is 30.3 Å². The van der Waals surface area contributed by atoms with Crippen molar-refractivity contribution in [3.8, 4) is 0 Å². The van der Waals surface area contributed by atoms with Gasteiger partial charge < -0.3 is 9.84 Å². The van der Waals surface area contributed by atoms with E-state index in [1.807, 2.05) is 32.0 Å². The van der Waals surface area contributed by atoms with E-state index in [4.69, 9.17) is 4.74 Å². The predicted molar refractivity (Wildman–Crippen MR) is 79.6 cm³/mol. The number of hydrogen-bond acceptors (Lipinski definition) is 2. The second-order valence-corrected chi connectivity index (χ2v) is 11.7. The van der Waals surface area contributed by atoms with Gasteiger partial charge in [0, 0.05) is 13.0 Å². The van der Waals surface area contributed by atoms with Crippen molar-refractivity contribution < 1.29 is 9.84 Å². The first-order valence-electron chi connectivity index (χ1n) is 6.52. The average molecular weight is 266 g/mol. The summed E-state index contributed by atoms with van der Waals surface area (Å²) in [6.45, 7) is 10.6. The molecule has 0 saturated carbocycles. The number of rotatable bonds is 5. The second-order valence-electron chi connectivity index (χ2n) is 6.23. The van der Waals surface area contributed by atoms with Crippen molar-refractivity contribution in [2.24, 2.45) is 0 Å². The van der Waals surface area contributed by atoms with Gasteiger partial charge in [-0.2, -0.15) is 0 Å². The summed E-state index contributed by atoms with van der Waals surface area (Å²) in [7, 11) is -0.0250. The molecule has 1 rings (SSSR count). The van der Waals surface area contributed by atoms with E-state index < -0.39 is 13.3 Å². The molecule has 0 spiro atoms. The third kappa shape index (κ3) is 3.02. The van der Waals surface area contributed by atoms with Crippen LogP contribution in [0.4, 0.5) is 0 Å². The van der Waals surface area contributed by atoms with Crippen LogP contribution in [-0.2, 0) is 4.74 Å². The lowest BCUT2D eigenvalue weighted by Crippen LogP contribution is -2.56. The lowest BCUT2D eigenvalue weighted by molar-refractivity contribution is 0.0120. The van der Waals surface area contributed by atoms with Crippen molar-refractivity contribution in [1.29, 1.82) is 0 Å². The first-order valence-corrected chi connectivity index (χ1v) is 10.0. The van der Waals surface area contributed by atoms with Crippen LogP contribution in [0.3, 0.4) is 0 Å². The molecule has 2 nitrogen and oxygen atoms in total. The predicted octanol–water partition coefficient (Wildman–Crippen LogP) is 3.43. The molecule has 0 aliphatic rings. The average Bonchev–Trinajstić information content (AvgIpc) is 2.28. The highest BCUT2D eigenvalue weighted by Gasteiger charge is 2.46. The van der Waals surface area contributed by atoms with Gasteiger partial charge in [0.2, 0.25) is 0 Å². The zero-order chi connectivity index (χ0) is 14.0. The third-order valence-corrected chi connectivity index (χ3v) is 7.47. The zero-order valence-corrected chi connectivity index (χ0v) is 13.4. The van der Waals surface area contributed by atoms with E-state index in [9.17, 15) is 5.11 Å². The molecular weight excluding hydrogens is 240 g/mol. The van der Waals surface area contributed by atoms with Crippen LogP contribution >= 0.6 is 0 Å². The molecule has 0 radical (unpaired) electrons. The summed E-state index contributed by atoms with van der Waals surface area (Å²) < 4.78 is 5.51. The van der Waals surface area contributed by atoms with E-state index >= 15 is 0 Å². The van der Waals surface area contributed by atoms with Crippen molar-refractivity contribution >= 4 is 8.07 Å². The van der Waals surface area contributed by atoms with Crippen LogP contribution in [0, 0.1) is 0 Å². The molecule has 1 aromatic rings. The molecule has 0 unspecified atom stereocenters. The number of ether oxygens (including phenoxy) is 1. The molecule has 0 heterocycles. The van der Waals surface area contributed by atoms with Gasteiger partial charge in [0.05, 0.1) is 19.4 Å². The van der Waals surface area contributed by atoms with Crippen molar-refractivity contribution in [2.45, 2.75) is 50.7 Å². The molecule has 102 valence electrons. The molecule has 3 heteroatoms. The van der Waals surface area contributed by atoms with Crippen LogP contribution in [0.5, 0.6) is 0 Å². The van der Waals surface area contributed by atoms with E-state index in [0.29, 0.717) is 0 Å². The monoisotopic (exact) mass is 266 g/mol. The smallest absolute Gasteiger partial charge is 0.0826 e. The molecule has 0 bridgehead atoms. The first kappa shape index (κ1) is 15.4. The molecule has 18 heavy (non-hydrogen) atoms. The molecule has 3 atom stereocenters. The van der Waals surface area contributed by atoms with Gasteiger partial charge in [-0.1, -0.05) is 50.0 Å². The summed E-state index contributed by atoms with van der Waals surface area (Å²) in [5.74, 6) is 0.00960. The van der Waals surface area contributed by atoms with E-state index in [1.54, 1.807) is 7.11 Å². The van der Waals surface area contributed by atoms with Gasteiger partial charge in [0.15, 0.2) is 0 Å². The Balaban J connectivity index is 3.23. The Morgan fingerprint density at radius 2 is 1.67 bits per heavy atom. The van der Waals surface area contributed by atoms with Crippen molar-refractivity contribution in [2.75, 3.05) is 7.11 Å². The Bertz CT molecular complexity index is 368. The summed E-state index contributed by atoms with van der Waals surface area (Å²) in [5, 5.41) is 10.3. The van der Waals surface area contributed by atoms with Crippen molar-refractivity contribution in [3.05, 3.63) is 35.9 Å². The lowest BCUT2D eigenvalue weighted by Gasteiger charge is -2.44. The van der Waals surface area contributed by atoms with Gasteiger partial charge in [-0.3, -0.25) is 0 Å². The minimum absolute atomic E-state index is 0.00544. The van der Waals surface area contributed by atoms with Gasteiger partial charge in [-0.15, -0.1) is 0 Å². The van der Waals surface area contributed by atoms with E-state index in [2.05, 4.69) is 31.8 Å². The summed E-state index contributed by atoms with van der Waals surface area (Å²) in [5.41, 5.74) is 1.15. The van der Waals surface area contributed by atoms with E-state index in [1.165, 1.54) is 0 Å². The van der Waals surface area contributed by atoms with Gasteiger partial charge in [-0.25, -0.2) is 0 Å². The maximum Gasteiger partial charge on any atom is 0.0826 e. The molecule has 0 aromatic heterocycles. The molecule has 0 aliphatic heterocycles. The fourth-order valence-electron chi connectivity index (χ4n) is 2.32. The minimum atomic E-state index is -1.73. The quantitative estimate of drug-likeness (QED) is 0.827. The fraction of sp³-hybridized carbons (Fsp3) is 0.600. The Morgan fingerprint density at radius 3 is 2.06 bits per heavy atom. The summed E-state index contributed by atoms with van der Waals surface area (Å²) in [4.78, 5) is 0. The van der Waals surface area contributed by atoms with Gasteiger partial charge in [0.25, 0.3) is 0 Å². The zero-order valence-electron chi connectivity index (χ0n) is 12.4. The Labute approximate surface area is 112 Å². The maximum atomic E-state index is 11.0. The SMILES string of the molecule is CO[C@H](C)[C@@H](c1ccccc1)[C@@](C)(O)[Si](C)(C)C. The van der Waals surface area contributed by atoms with Crippen LogP contribution in [0.2, 0.25) is 19.6 Å². The topological polar surface area (TPSA) is 29.5 Å². The summed E-state index contributed by atoms with van der Waals surface area (Å²) in [6, 6.07) is 10.2. The maximum absolute atomic E-state index is 11.0. The number of aliphatic hydroxyl groups is 1. The van der Waals surface area contributed by atoms with E-state index in [0.717, 1.165) is 5.56 Å². The number of hydrogen-bond donors (Lipinski definition) is 1. The first-order chi connectivity index (χ1) is 8.21. The largest absolute Gasteiger partial charge is 0.393 e. The molecule has 1 N–H and O–H groups in total. The van der Waals surface area contributed by atoms with Crippen molar-refractivity contribution in [3.63, 3.8) is 0 Å². The molecule has 0 aliphatic carbocycles. The molecule has 0 saturated heterocycles. The molecule has 0 fully saturated rings. The van der Waals surface area contributed by atoms with Crippen LogP contribution in [0.1, 0.15) is 25.3 Å². The highest BCUT2D eigenvalue weighted by molar-refractivity contribution is 6.79. The number of methoxy groups -OCH3 is 1. The van der Waals surface area contributed by atoms with Crippen LogP contribution in [0.25, 0.3) is 0 Å². The molecular formula is C15H26O2Si. The number of benzene rings is 1. The Hall–Kier alpha value is -0.643. The molecule has 1 aromatic carbocycles.